The van der Waals surface area contributed by atoms with Crippen LogP contribution in [0.2, 0.25) is 5.02 Å². The van der Waals surface area contributed by atoms with Crippen LogP contribution in [0.15, 0.2) is 42.5 Å². The van der Waals surface area contributed by atoms with E-state index in [0.29, 0.717) is 22.8 Å². The predicted molar refractivity (Wildman–Crippen MR) is 79.1 cm³/mol. The summed E-state index contributed by atoms with van der Waals surface area (Å²) in [4.78, 5) is 2.07. The average molecular weight is 272 g/mol. The molecule has 0 aliphatic heterocycles. The number of hydrogen-bond acceptors (Lipinski definition) is 3. The molecular weight excluding hydrogens is 258 g/mol. The molecule has 2 N–H and O–H groups in total. The van der Waals surface area contributed by atoms with Crippen LogP contribution in [0, 0.1) is 11.3 Å². The van der Waals surface area contributed by atoms with E-state index >= 15 is 0 Å². The first kappa shape index (κ1) is 13.3. The second kappa shape index (κ2) is 5.64. The van der Waals surface area contributed by atoms with Gasteiger partial charge in [0.1, 0.15) is 0 Å². The number of halogens is 1. The number of benzene rings is 2. The number of nitrogens with two attached hydrogens (primary N) is 1. The maximum absolute atomic E-state index is 8.77. The molecule has 0 unspecified atom stereocenters. The molecular formula is C15H14ClN3. The van der Waals surface area contributed by atoms with Gasteiger partial charge < -0.3 is 10.6 Å². The van der Waals surface area contributed by atoms with E-state index in [9.17, 15) is 0 Å². The fourth-order valence-corrected chi connectivity index (χ4v) is 2.08. The topological polar surface area (TPSA) is 53.0 Å². The molecule has 2 aromatic rings. The number of anilines is 2. The summed E-state index contributed by atoms with van der Waals surface area (Å²) in [5.41, 5.74) is 9.04. The molecule has 0 saturated carbocycles. The van der Waals surface area contributed by atoms with E-state index in [1.807, 2.05) is 31.3 Å². The normalized spacial score (nSPS) is 9.95. The van der Waals surface area contributed by atoms with E-state index in [4.69, 9.17) is 22.6 Å². The molecule has 3 nitrogen and oxygen atoms in total. The summed E-state index contributed by atoms with van der Waals surface area (Å²) < 4.78 is 0. The van der Waals surface area contributed by atoms with Gasteiger partial charge in [0.25, 0.3) is 0 Å². The van der Waals surface area contributed by atoms with Crippen LogP contribution in [0.4, 0.5) is 11.4 Å². The van der Waals surface area contributed by atoms with Crippen LogP contribution in [0.5, 0.6) is 0 Å². The van der Waals surface area contributed by atoms with E-state index in [1.165, 1.54) is 0 Å². The van der Waals surface area contributed by atoms with Crippen molar-refractivity contribution in [3.63, 3.8) is 0 Å². The lowest BCUT2D eigenvalue weighted by atomic mass is 10.1. The Morgan fingerprint density at radius 3 is 2.47 bits per heavy atom. The highest BCUT2D eigenvalue weighted by Gasteiger charge is 2.06. The van der Waals surface area contributed by atoms with Crippen molar-refractivity contribution in [1.29, 1.82) is 5.26 Å². The van der Waals surface area contributed by atoms with Crippen LogP contribution >= 0.6 is 11.6 Å². The van der Waals surface area contributed by atoms with Crippen LogP contribution in [0.3, 0.4) is 0 Å². The fourth-order valence-electron chi connectivity index (χ4n) is 1.83. The van der Waals surface area contributed by atoms with Gasteiger partial charge in [0, 0.05) is 30.0 Å². The molecule has 2 aromatic carbocycles. The van der Waals surface area contributed by atoms with Gasteiger partial charge in [0.2, 0.25) is 0 Å². The van der Waals surface area contributed by atoms with Gasteiger partial charge in [-0.2, -0.15) is 5.26 Å². The number of nitrogens with zero attached hydrogens (tertiary/aromatic N) is 2. The van der Waals surface area contributed by atoms with Crippen molar-refractivity contribution in [1.82, 2.24) is 0 Å². The monoisotopic (exact) mass is 271 g/mol. The SMILES string of the molecule is CN(Cc1ccc(N)cc1Cl)c1ccc(C#N)cc1. The highest BCUT2D eigenvalue weighted by atomic mass is 35.5. The fraction of sp³-hybridized carbons (Fsp3) is 0.133. The molecule has 0 radical (unpaired) electrons. The predicted octanol–water partition coefficient (Wildman–Crippen LogP) is 3.43. The Bertz CT molecular complexity index is 614. The van der Waals surface area contributed by atoms with Crippen LogP contribution < -0.4 is 10.6 Å². The summed E-state index contributed by atoms with van der Waals surface area (Å²) >= 11 is 6.16. The van der Waals surface area contributed by atoms with Gasteiger partial charge in [-0.15, -0.1) is 0 Å². The zero-order chi connectivity index (χ0) is 13.8. The van der Waals surface area contributed by atoms with Gasteiger partial charge >= 0.3 is 0 Å². The molecule has 0 aliphatic rings. The molecule has 19 heavy (non-hydrogen) atoms. The smallest absolute Gasteiger partial charge is 0.0991 e. The van der Waals surface area contributed by atoms with Crippen LogP contribution in [0.25, 0.3) is 0 Å². The van der Waals surface area contributed by atoms with Gasteiger partial charge in [-0.05, 0) is 42.0 Å². The summed E-state index contributed by atoms with van der Waals surface area (Å²) in [6, 6.07) is 15.1. The lowest BCUT2D eigenvalue weighted by Crippen LogP contribution is -2.16. The Labute approximate surface area is 117 Å². The third kappa shape index (κ3) is 3.18. The Balaban J connectivity index is 2.16. The number of hydrogen-bond donors (Lipinski definition) is 1. The Hall–Kier alpha value is -2.18. The van der Waals surface area contributed by atoms with E-state index in [0.717, 1.165) is 11.3 Å². The van der Waals surface area contributed by atoms with Gasteiger partial charge in [0.05, 0.1) is 11.6 Å². The minimum Gasteiger partial charge on any atom is -0.399 e. The first-order valence-corrected chi connectivity index (χ1v) is 6.23. The Morgan fingerprint density at radius 1 is 1.21 bits per heavy atom. The first-order chi connectivity index (χ1) is 9.10. The maximum atomic E-state index is 8.77. The van der Waals surface area contributed by atoms with Crippen LogP contribution in [-0.4, -0.2) is 7.05 Å². The summed E-state index contributed by atoms with van der Waals surface area (Å²) in [6.45, 7) is 0.686. The van der Waals surface area contributed by atoms with Crippen molar-refractivity contribution < 1.29 is 0 Å². The molecule has 0 bridgehead atoms. The highest BCUT2D eigenvalue weighted by molar-refractivity contribution is 6.31. The van der Waals surface area contributed by atoms with Crippen LogP contribution in [0.1, 0.15) is 11.1 Å². The van der Waals surface area contributed by atoms with Gasteiger partial charge in [-0.25, -0.2) is 0 Å². The maximum Gasteiger partial charge on any atom is 0.0991 e. The van der Waals surface area contributed by atoms with E-state index in [1.54, 1.807) is 18.2 Å². The summed E-state index contributed by atoms with van der Waals surface area (Å²) in [5, 5.41) is 9.44. The Morgan fingerprint density at radius 2 is 1.89 bits per heavy atom. The van der Waals surface area contributed by atoms with Crippen molar-refractivity contribution >= 4 is 23.0 Å². The Kier molecular flexibility index (Phi) is 3.94. The summed E-state index contributed by atoms with van der Waals surface area (Å²) in [6.07, 6.45) is 0. The summed E-state index contributed by atoms with van der Waals surface area (Å²) in [7, 11) is 1.98. The standard InChI is InChI=1S/C15H14ClN3/c1-19(14-6-2-11(9-17)3-7-14)10-12-4-5-13(18)8-15(12)16/h2-8H,10,18H2,1H3. The van der Waals surface area contributed by atoms with Gasteiger partial charge in [-0.1, -0.05) is 17.7 Å². The second-order valence-electron chi connectivity index (χ2n) is 4.37. The molecule has 4 heteroatoms. The van der Waals surface area contributed by atoms with E-state index in [2.05, 4.69) is 11.0 Å². The molecule has 0 amide bonds. The molecule has 0 aromatic heterocycles. The van der Waals surface area contributed by atoms with E-state index < -0.39 is 0 Å². The molecule has 96 valence electrons. The number of nitriles is 1. The minimum atomic E-state index is 0.655. The number of nitrogen functional groups attached to an aromatic ring is 1. The van der Waals surface area contributed by atoms with Crippen LogP contribution in [-0.2, 0) is 6.54 Å². The zero-order valence-corrected chi connectivity index (χ0v) is 11.4. The van der Waals surface area contributed by atoms with E-state index in [-0.39, 0.29) is 0 Å². The third-order valence-electron chi connectivity index (χ3n) is 2.92. The second-order valence-corrected chi connectivity index (χ2v) is 4.77. The molecule has 0 heterocycles. The molecule has 0 aliphatic carbocycles. The van der Waals surface area contributed by atoms with Gasteiger partial charge in [0.15, 0.2) is 0 Å². The largest absolute Gasteiger partial charge is 0.399 e. The molecule has 0 spiro atoms. The lowest BCUT2D eigenvalue weighted by Gasteiger charge is -2.20. The van der Waals surface area contributed by atoms with Crippen molar-refractivity contribution in [3.8, 4) is 6.07 Å². The number of rotatable bonds is 3. The van der Waals surface area contributed by atoms with Crippen molar-refractivity contribution in [2.45, 2.75) is 6.54 Å². The molecule has 0 fully saturated rings. The van der Waals surface area contributed by atoms with Crippen molar-refractivity contribution in [2.24, 2.45) is 0 Å². The lowest BCUT2D eigenvalue weighted by molar-refractivity contribution is 0.923. The molecule has 2 rings (SSSR count). The summed E-state index contributed by atoms with van der Waals surface area (Å²) in [5.74, 6) is 0. The van der Waals surface area contributed by atoms with Gasteiger partial charge in [-0.3, -0.25) is 0 Å². The first-order valence-electron chi connectivity index (χ1n) is 5.85. The third-order valence-corrected chi connectivity index (χ3v) is 3.27. The van der Waals surface area contributed by atoms with Crippen molar-refractivity contribution in [3.05, 3.63) is 58.6 Å². The quantitative estimate of drug-likeness (QED) is 0.870. The average Bonchev–Trinajstić information content (AvgIpc) is 2.42. The van der Waals surface area contributed by atoms with Crippen molar-refractivity contribution in [2.75, 3.05) is 17.7 Å². The molecule has 0 saturated heterocycles. The zero-order valence-electron chi connectivity index (χ0n) is 10.6. The highest BCUT2D eigenvalue weighted by Crippen LogP contribution is 2.23. The minimum absolute atomic E-state index is 0.655. The molecule has 0 atom stereocenters.